The molecule has 0 N–H and O–H groups in total. The molecule has 2 heterocycles. The molecule has 2 rings (SSSR count). The number of hydrogen-bond acceptors (Lipinski definition) is 5. The average molecular weight is 291 g/mol. The van der Waals surface area contributed by atoms with Crippen molar-refractivity contribution in [3.63, 3.8) is 0 Å². The van der Waals surface area contributed by atoms with Crippen LogP contribution in [0, 0.1) is 5.41 Å². The second kappa shape index (κ2) is 6.30. The van der Waals surface area contributed by atoms with Crippen molar-refractivity contribution in [3.05, 3.63) is 18.5 Å². The van der Waals surface area contributed by atoms with E-state index in [1.54, 1.807) is 32.3 Å². The Kier molecular flexibility index (Phi) is 4.67. The van der Waals surface area contributed by atoms with Gasteiger partial charge in [-0.2, -0.15) is 5.10 Å². The van der Waals surface area contributed by atoms with Gasteiger partial charge in [-0.3, -0.25) is 19.3 Å². The number of nitrogens with zero attached hydrogens (tertiary/aromatic N) is 3. The summed E-state index contributed by atoms with van der Waals surface area (Å²) in [6.45, 7) is 5.00. The molecule has 21 heavy (non-hydrogen) atoms. The number of carbonyl (C=O) groups excluding carboxylic acids is 3. The largest absolute Gasteiger partial charge is 0.295 e. The third-order valence-corrected chi connectivity index (χ3v) is 4.18. The fourth-order valence-electron chi connectivity index (χ4n) is 2.63. The first-order chi connectivity index (χ1) is 9.95. The molecule has 1 aliphatic heterocycles. The van der Waals surface area contributed by atoms with Crippen LogP contribution in [0.25, 0.3) is 0 Å². The monoisotopic (exact) mass is 291 g/mol. The molecule has 1 saturated heterocycles. The van der Waals surface area contributed by atoms with E-state index in [1.807, 2.05) is 0 Å². The van der Waals surface area contributed by atoms with Crippen molar-refractivity contribution in [1.82, 2.24) is 14.7 Å². The molecule has 0 amide bonds. The molecule has 114 valence electrons. The van der Waals surface area contributed by atoms with E-state index in [-0.39, 0.29) is 11.9 Å². The minimum absolute atomic E-state index is 0.0305. The van der Waals surface area contributed by atoms with Crippen LogP contribution >= 0.6 is 0 Å². The quantitative estimate of drug-likeness (QED) is 0.581. The molecule has 1 atom stereocenters. The third-order valence-electron chi connectivity index (χ3n) is 4.18. The Morgan fingerprint density at radius 2 is 2.19 bits per heavy atom. The van der Waals surface area contributed by atoms with Crippen LogP contribution in [-0.4, -0.2) is 51.8 Å². The zero-order chi connectivity index (χ0) is 15.5. The molecule has 1 fully saturated rings. The van der Waals surface area contributed by atoms with Crippen molar-refractivity contribution in [2.75, 3.05) is 13.1 Å². The topological polar surface area (TPSA) is 72.3 Å². The maximum Gasteiger partial charge on any atom is 0.264 e. The highest BCUT2D eigenvalue weighted by Gasteiger charge is 2.34. The SMILES string of the molecule is CC(C)(CCN1CCCC1C(=O)n1cccn1)C(=O)C=O. The molecule has 1 aromatic rings. The standard InChI is InChI=1S/C15H21N3O3/c1-15(2,13(20)11-19)6-10-17-8-3-5-12(17)14(21)18-9-4-7-16-18/h4,7,9,11-12H,3,5-6,8,10H2,1-2H3. The summed E-state index contributed by atoms with van der Waals surface area (Å²) in [6, 6.07) is 1.54. The van der Waals surface area contributed by atoms with Gasteiger partial charge < -0.3 is 0 Å². The van der Waals surface area contributed by atoms with E-state index in [4.69, 9.17) is 0 Å². The van der Waals surface area contributed by atoms with Gasteiger partial charge in [-0.25, -0.2) is 4.68 Å². The molecular formula is C15H21N3O3. The normalized spacial score (nSPS) is 19.6. The lowest BCUT2D eigenvalue weighted by molar-refractivity contribution is -0.136. The lowest BCUT2D eigenvalue weighted by Gasteiger charge is -2.27. The summed E-state index contributed by atoms with van der Waals surface area (Å²) in [6.07, 6.45) is 5.95. The molecule has 0 radical (unpaired) electrons. The zero-order valence-electron chi connectivity index (χ0n) is 12.5. The fourth-order valence-corrected chi connectivity index (χ4v) is 2.63. The Hall–Kier alpha value is -1.82. The zero-order valence-corrected chi connectivity index (χ0v) is 12.5. The highest BCUT2D eigenvalue weighted by molar-refractivity contribution is 6.27. The number of Topliss-reactive ketones (excluding diaryl/α,β-unsaturated/α-hetero) is 1. The summed E-state index contributed by atoms with van der Waals surface area (Å²) in [4.78, 5) is 36.7. The van der Waals surface area contributed by atoms with Crippen LogP contribution in [-0.2, 0) is 9.59 Å². The number of rotatable bonds is 6. The van der Waals surface area contributed by atoms with Crippen LogP contribution in [0.5, 0.6) is 0 Å². The van der Waals surface area contributed by atoms with Crippen molar-refractivity contribution in [3.8, 4) is 0 Å². The lowest BCUT2D eigenvalue weighted by Crippen LogP contribution is -2.41. The maximum atomic E-state index is 12.4. The maximum absolute atomic E-state index is 12.4. The Morgan fingerprint density at radius 1 is 1.43 bits per heavy atom. The van der Waals surface area contributed by atoms with E-state index >= 15 is 0 Å². The van der Waals surface area contributed by atoms with Crippen LogP contribution in [0.4, 0.5) is 0 Å². The number of likely N-dealkylation sites (tertiary alicyclic amines) is 1. The van der Waals surface area contributed by atoms with E-state index in [1.165, 1.54) is 4.68 Å². The first-order valence-electron chi connectivity index (χ1n) is 7.23. The summed E-state index contributed by atoms with van der Waals surface area (Å²) < 4.78 is 1.37. The first kappa shape index (κ1) is 15.6. The average Bonchev–Trinajstić information content (AvgIpc) is 3.14. The number of carbonyl (C=O) groups is 3. The second-order valence-corrected chi connectivity index (χ2v) is 6.10. The summed E-state index contributed by atoms with van der Waals surface area (Å²) in [5, 5.41) is 3.99. The van der Waals surface area contributed by atoms with Crippen molar-refractivity contribution in [1.29, 1.82) is 0 Å². The van der Waals surface area contributed by atoms with Crippen molar-refractivity contribution >= 4 is 18.0 Å². The minimum Gasteiger partial charge on any atom is -0.295 e. The molecule has 0 saturated carbocycles. The molecule has 0 spiro atoms. The van der Waals surface area contributed by atoms with E-state index in [2.05, 4.69) is 10.00 Å². The highest BCUT2D eigenvalue weighted by atomic mass is 16.2. The first-order valence-corrected chi connectivity index (χ1v) is 7.23. The highest BCUT2D eigenvalue weighted by Crippen LogP contribution is 2.25. The van der Waals surface area contributed by atoms with E-state index in [0.717, 1.165) is 19.4 Å². The van der Waals surface area contributed by atoms with Gasteiger partial charge in [0.15, 0.2) is 6.29 Å². The lowest BCUT2D eigenvalue weighted by atomic mass is 9.85. The summed E-state index contributed by atoms with van der Waals surface area (Å²) in [5.41, 5.74) is -0.677. The van der Waals surface area contributed by atoms with Crippen molar-refractivity contribution in [2.24, 2.45) is 5.41 Å². The Bertz CT molecular complexity index is 522. The van der Waals surface area contributed by atoms with Crippen molar-refractivity contribution in [2.45, 2.75) is 39.2 Å². The van der Waals surface area contributed by atoms with E-state index in [9.17, 15) is 14.4 Å². The van der Waals surface area contributed by atoms with Crippen LogP contribution < -0.4 is 0 Å². The van der Waals surface area contributed by atoms with Gasteiger partial charge in [0.05, 0.1) is 6.04 Å². The van der Waals surface area contributed by atoms with Gasteiger partial charge >= 0.3 is 0 Å². The van der Waals surface area contributed by atoms with Gasteiger partial charge in [0.2, 0.25) is 5.78 Å². The number of aldehydes is 1. The summed E-state index contributed by atoms with van der Waals surface area (Å²) in [5.74, 6) is -0.423. The summed E-state index contributed by atoms with van der Waals surface area (Å²) in [7, 11) is 0. The fraction of sp³-hybridized carbons (Fsp3) is 0.600. The van der Waals surface area contributed by atoms with Crippen LogP contribution in [0.2, 0.25) is 0 Å². The Labute approximate surface area is 124 Å². The molecule has 0 bridgehead atoms. The van der Waals surface area contributed by atoms with Crippen LogP contribution in [0.3, 0.4) is 0 Å². The van der Waals surface area contributed by atoms with Crippen molar-refractivity contribution < 1.29 is 14.4 Å². The van der Waals surface area contributed by atoms with Gasteiger partial charge in [0, 0.05) is 17.8 Å². The minimum atomic E-state index is -0.677. The van der Waals surface area contributed by atoms with Crippen LogP contribution in [0.1, 0.15) is 37.9 Å². The number of hydrogen-bond donors (Lipinski definition) is 0. The predicted octanol–water partition coefficient (Wildman–Crippen LogP) is 1.17. The Morgan fingerprint density at radius 3 is 2.81 bits per heavy atom. The molecule has 1 aromatic heterocycles. The molecule has 1 aliphatic rings. The number of aromatic nitrogens is 2. The van der Waals surface area contributed by atoms with Gasteiger partial charge in [-0.15, -0.1) is 0 Å². The number of ketones is 1. The van der Waals surface area contributed by atoms with Gasteiger partial charge in [-0.05, 0) is 38.4 Å². The van der Waals surface area contributed by atoms with Gasteiger partial charge in [-0.1, -0.05) is 13.8 Å². The molecule has 0 aromatic carbocycles. The molecule has 6 nitrogen and oxygen atoms in total. The van der Waals surface area contributed by atoms with Gasteiger partial charge in [0.1, 0.15) is 0 Å². The van der Waals surface area contributed by atoms with Crippen LogP contribution in [0.15, 0.2) is 18.5 Å². The molecule has 0 aliphatic carbocycles. The Balaban J connectivity index is 1.98. The molecule has 6 heteroatoms. The molecular weight excluding hydrogens is 270 g/mol. The van der Waals surface area contributed by atoms with E-state index in [0.29, 0.717) is 19.3 Å². The second-order valence-electron chi connectivity index (χ2n) is 6.10. The predicted molar refractivity (Wildman–Crippen MR) is 76.9 cm³/mol. The van der Waals surface area contributed by atoms with E-state index < -0.39 is 11.2 Å². The summed E-state index contributed by atoms with van der Waals surface area (Å²) >= 11 is 0. The molecule has 1 unspecified atom stereocenters. The smallest absolute Gasteiger partial charge is 0.264 e. The third kappa shape index (κ3) is 3.44. The van der Waals surface area contributed by atoms with Gasteiger partial charge in [0.25, 0.3) is 5.91 Å².